The normalized spacial score (nSPS) is 15.5. The number of hydrogen-bond acceptors (Lipinski definition) is 7. The summed E-state index contributed by atoms with van der Waals surface area (Å²) >= 11 is 1.88. The summed E-state index contributed by atoms with van der Waals surface area (Å²) in [7, 11) is 0. The molecule has 2 fully saturated rings. The summed E-state index contributed by atoms with van der Waals surface area (Å²) < 4.78 is 37.9. The molecule has 0 N–H and O–H groups in total. The van der Waals surface area contributed by atoms with Crippen LogP contribution in [-0.2, 0) is 41.6 Å². The number of ether oxygens (including phenoxy) is 6. The van der Waals surface area contributed by atoms with Gasteiger partial charge in [-0.25, -0.2) is 0 Å². The van der Waals surface area contributed by atoms with E-state index in [2.05, 4.69) is 135 Å². The van der Waals surface area contributed by atoms with Gasteiger partial charge in [-0.05, 0) is 135 Å². The average molecular weight is 915 g/mol. The third-order valence-corrected chi connectivity index (χ3v) is 15.8. The first-order valence-electron chi connectivity index (χ1n) is 24.9. The van der Waals surface area contributed by atoms with Crippen molar-refractivity contribution >= 4 is 63.8 Å². The Morgan fingerprint density at radius 3 is 1.51 bits per heavy atom. The Bertz CT molecular complexity index is 2860. The summed E-state index contributed by atoms with van der Waals surface area (Å²) in [5.74, 6) is 0. The second-order valence-electron chi connectivity index (χ2n) is 19.3. The van der Waals surface area contributed by atoms with Crippen LogP contribution in [0.25, 0.3) is 74.7 Å². The molecule has 10 rings (SSSR count). The van der Waals surface area contributed by atoms with Gasteiger partial charge in [-0.3, -0.25) is 0 Å². The summed E-state index contributed by atoms with van der Waals surface area (Å²) in [5, 5.41) is 10.3. The quantitative estimate of drug-likeness (QED) is 0.0445. The fraction of sp³-hybridized carbons (Fsp3) is 0.400. The molecule has 8 aromatic rings. The van der Waals surface area contributed by atoms with E-state index in [1.165, 1.54) is 85.9 Å². The largest absolute Gasteiger partial charge is 0.381 e. The van der Waals surface area contributed by atoms with Crippen molar-refractivity contribution in [2.75, 3.05) is 66.1 Å². The maximum absolute atomic E-state index is 6.30. The summed E-state index contributed by atoms with van der Waals surface area (Å²) in [6, 6.07) is 45.4. The van der Waals surface area contributed by atoms with E-state index in [4.69, 9.17) is 28.4 Å². The Hall–Kier alpha value is -4.70. The van der Waals surface area contributed by atoms with Gasteiger partial charge in [0.15, 0.2) is 0 Å². The molecule has 0 saturated carbocycles. The van der Waals surface area contributed by atoms with E-state index >= 15 is 0 Å². The van der Waals surface area contributed by atoms with E-state index in [0.717, 1.165) is 117 Å². The predicted molar refractivity (Wildman–Crippen MR) is 278 cm³/mol. The van der Waals surface area contributed by atoms with Crippen molar-refractivity contribution < 1.29 is 28.4 Å². The highest BCUT2D eigenvalue weighted by Gasteiger charge is 2.37. The van der Waals surface area contributed by atoms with E-state index in [-0.39, 0.29) is 10.8 Å². The highest BCUT2D eigenvalue weighted by Crippen LogP contribution is 2.46. The zero-order valence-electron chi connectivity index (χ0n) is 39.5. The minimum Gasteiger partial charge on any atom is -0.381 e. The van der Waals surface area contributed by atoms with Gasteiger partial charge in [0.25, 0.3) is 0 Å². The number of thiophene rings is 1. The number of unbranched alkanes of at least 4 members (excludes halogenated alkanes) is 4. The Morgan fingerprint density at radius 2 is 0.955 bits per heavy atom. The molecular weight excluding hydrogens is 849 g/mol. The van der Waals surface area contributed by atoms with Gasteiger partial charge >= 0.3 is 0 Å². The smallest absolute Gasteiger partial charge is 0.0722 e. The van der Waals surface area contributed by atoms with Gasteiger partial charge in [-0.15, -0.1) is 11.3 Å². The van der Waals surface area contributed by atoms with Crippen LogP contribution in [-0.4, -0.2) is 66.1 Å². The highest BCUT2D eigenvalue weighted by molar-refractivity contribution is 7.26. The lowest BCUT2D eigenvalue weighted by Gasteiger charge is -2.40. The van der Waals surface area contributed by atoms with Gasteiger partial charge in [0, 0.05) is 57.4 Å². The Balaban J connectivity index is 0.830. The third kappa shape index (κ3) is 9.93. The van der Waals surface area contributed by atoms with Crippen LogP contribution in [0.1, 0.15) is 76.3 Å². The van der Waals surface area contributed by atoms with E-state index in [1.807, 2.05) is 11.3 Å². The summed E-state index contributed by atoms with van der Waals surface area (Å²) in [4.78, 5) is 0. The minimum atomic E-state index is 0.258. The molecule has 3 heterocycles. The van der Waals surface area contributed by atoms with Crippen LogP contribution >= 0.6 is 11.3 Å². The van der Waals surface area contributed by atoms with Crippen LogP contribution in [0.15, 0.2) is 121 Å². The molecule has 0 spiro atoms. The van der Waals surface area contributed by atoms with Gasteiger partial charge < -0.3 is 28.4 Å². The molecule has 0 atom stereocenters. The van der Waals surface area contributed by atoms with Crippen LogP contribution < -0.4 is 0 Å². The lowest BCUT2D eigenvalue weighted by Crippen LogP contribution is -2.45. The fourth-order valence-corrected chi connectivity index (χ4v) is 11.3. The monoisotopic (exact) mass is 914 g/mol. The standard InChI is InChI=1S/C60H66O6S/c1-3-59(39-65-40-59)37-63-32-13-5-11-30-61-35-43-22-24-44(25-23-43)56-49-17-7-9-19-51(49)57(52-20-10-8-18-50(52)56)45-26-28-54-53(34-45)58-48-21-15-16-46(47(48)27-29-55(58)67-54)36-62-31-12-6-14-33-64-38-60(4-2)41-66-42-60/h7-10,15-29,34H,3-6,11-14,30-33,35-42H2,1-2H3. The molecule has 0 amide bonds. The van der Waals surface area contributed by atoms with Crippen molar-refractivity contribution in [2.45, 2.75) is 78.4 Å². The van der Waals surface area contributed by atoms with Gasteiger partial charge in [0.05, 0.1) is 52.9 Å². The minimum absolute atomic E-state index is 0.258. The molecule has 0 radical (unpaired) electrons. The second kappa shape index (κ2) is 21.3. The zero-order valence-corrected chi connectivity index (χ0v) is 40.4. The summed E-state index contributed by atoms with van der Waals surface area (Å²) in [6.07, 6.45) is 8.70. The molecule has 7 aromatic carbocycles. The van der Waals surface area contributed by atoms with E-state index in [1.54, 1.807) is 0 Å². The third-order valence-electron chi connectivity index (χ3n) is 14.7. The van der Waals surface area contributed by atoms with Crippen LogP contribution in [0, 0.1) is 10.8 Å². The number of fused-ring (bicyclic) bond motifs is 7. The Labute approximate surface area is 400 Å². The van der Waals surface area contributed by atoms with Crippen LogP contribution in [0.3, 0.4) is 0 Å². The molecule has 67 heavy (non-hydrogen) atoms. The van der Waals surface area contributed by atoms with Crippen LogP contribution in [0.5, 0.6) is 0 Å². The first-order valence-corrected chi connectivity index (χ1v) is 25.8. The van der Waals surface area contributed by atoms with Crippen molar-refractivity contribution in [3.05, 3.63) is 132 Å². The molecule has 2 saturated heterocycles. The molecule has 7 heteroatoms. The molecule has 0 aliphatic carbocycles. The highest BCUT2D eigenvalue weighted by atomic mass is 32.1. The molecule has 348 valence electrons. The molecule has 0 unspecified atom stereocenters. The number of rotatable bonds is 24. The first-order chi connectivity index (χ1) is 33.1. The lowest BCUT2D eigenvalue weighted by molar-refractivity contribution is -0.150. The van der Waals surface area contributed by atoms with Gasteiger partial charge in [-0.1, -0.05) is 117 Å². The van der Waals surface area contributed by atoms with Gasteiger partial charge in [0.1, 0.15) is 0 Å². The van der Waals surface area contributed by atoms with Crippen molar-refractivity contribution in [1.29, 1.82) is 0 Å². The van der Waals surface area contributed by atoms with E-state index in [9.17, 15) is 0 Å². The topological polar surface area (TPSA) is 55.4 Å². The molecular formula is C60H66O6S. The Morgan fingerprint density at radius 1 is 0.448 bits per heavy atom. The summed E-state index contributed by atoms with van der Waals surface area (Å²) in [5.41, 5.74) is 7.97. The summed E-state index contributed by atoms with van der Waals surface area (Å²) in [6.45, 7) is 13.9. The SMILES string of the molecule is CCC1(COCCCCCOCc2ccc(-c3c4ccccc4c(-c4ccc5sc6ccc7c(COCCCCCOCC8(CC)COC8)cccc7c6c5c4)c4ccccc34)cc2)COC1. The van der Waals surface area contributed by atoms with Crippen molar-refractivity contribution in [2.24, 2.45) is 10.8 Å². The molecule has 2 aliphatic rings. The van der Waals surface area contributed by atoms with Crippen LogP contribution in [0.2, 0.25) is 0 Å². The first kappa shape index (κ1) is 46.1. The lowest BCUT2D eigenvalue weighted by atomic mass is 9.84. The molecule has 1 aromatic heterocycles. The van der Waals surface area contributed by atoms with Crippen molar-refractivity contribution in [1.82, 2.24) is 0 Å². The number of benzene rings is 7. The Kier molecular flexibility index (Phi) is 14.6. The predicted octanol–water partition coefficient (Wildman–Crippen LogP) is 15.1. The van der Waals surface area contributed by atoms with Gasteiger partial charge in [0.2, 0.25) is 0 Å². The molecule has 0 bridgehead atoms. The second-order valence-corrected chi connectivity index (χ2v) is 20.4. The van der Waals surface area contributed by atoms with Crippen molar-refractivity contribution in [3.8, 4) is 22.3 Å². The molecule has 2 aliphatic heterocycles. The average Bonchev–Trinajstić information content (AvgIpc) is 3.72. The van der Waals surface area contributed by atoms with Gasteiger partial charge in [-0.2, -0.15) is 0 Å². The maximum atomic E-state index is 6.30. The zero-order chi connectivity index (χ0) is 45.5. The maximum Gasteiger partial charge on any atom is 0.0722 e. The number of hydrogen-bond donors (Lipinski definition) is 0. The van der Waals surface area contributed by atoms with Crippen molar-refractivity contribution in [3.63, 3.8) is 0 Å². The van der Waals surface area contributed by atoms with E-state index in [0.29, 0.717) is 13.2 Å². The fourth-order valence-electron chi connectivity index (χ4n) is 10.2. The van der Waals surface area contributed by atoms with Crippen LogP contribution in [0.4, 0.5) is 0 Å². The molecule has 6 nitrogen and oxygen atoms in total. The van der Waals surface area contributed by atoms with E-state index < -0.39 is 0 Å².